The first-order chi connectivity index (χ1) is 18.5. The number of carbonyl (C=O) groups excluding carboxylic acids is 1. The maximum absolute atomic E-state index is 15.0. The normalized spacial score (nSPS) is 17.6. The Morgan fingerprint density at radius 3 is 2.79 bits per heavy atom. The second-order valence-corrected chi connectivity index (χ2v) is 9.71. The number of anilines is 3. The number of pyridine rings is 1. The maximum atomic E-state index is 15.0. The number of fused-ring (bicyclic) bond motifs is 1. The van der Waals surface area contributed by atoms with Gasteiger partial charge in [-0.05, 0) is 63.0 Å². The van der Waals surface area contributed by atoms with Gasteiger partial charge in [0, 0.05) is 42.0 Å². The van der Waals surface area contributed by atoms with Gasteiger partial charge in [-0.25, -0.2) is 14.2 Å². The Labute approximate surface area is 222 Å². The van der Waals surface area contributed by atoms with Gasteiger partial charge in [0.05, 0.1) is 32.1 Å². The van der Waals surface area contributed by atoms with E-state index in [4.69, 9.17) is 9.47 Å². The third kappa shape index (κ3) is 5.11. The number of halogens is 1. The smallest absolute Gasteiger partial charge is 0.329 e. The van der Waals surface area contributed by atoms with Crippen molar-refractivity contribution in [3.05, 3.63) is 71.2 Å². The minimum atomic E-state index is -0.399. The predicted octanol–water partition coefficient (Wildman–Crippen LogP) is 5.25. The van der Waals surface area contributed by atoms with Gasteiger partial charge in [-0.1, -0.05) is 12.1 Å². The number of nitrogens with one attached hydrogen (secondary N) is 2. The van der Waals surface area contributed by atoms with Gasteiger partial charge in [0.15, 0.2) is 0 Å². The van der Waals surface area contributed by atoms with Crippen LogP contribution in [-0.4, -0.2) is 44.4 Å². The van der Waals surface area contributed by atoms with Gasteiger partial charge in [-0.15, -0.1) is 0 Å². The molecule has 38 heavy (non-hydrogen) atoms. The average molecular weight is 520 g/mol. The number of benzene rings is 2. The topological polar surface area (TPSA) is 79.0 Å². The molecule has 1 atom stereocenters. The molecular formula is C29H34FN5O3. The third-order valence-corrected chi connectivity index (χ3v) is 7.31. The number of hydrogen-bond donors (Lipinski definition) is 2. The molecule has 0 radical (unpaired) electrons. The zero-order chi connectivity index (χ0) is 26.6. The van der Waals surface area contributed by atoms with Crippen LogP contribution in [0.3, 0.4) is 0 Å². The van der Waals surface area contributed by atoms with Gasteiger partial charge in [0.25, 0.3) is 0 Å². The molecule has 0 saturated carbocycles. The summed E-state index contributed by atoms with van der Waals surface area (Å²) < 4.78 is 25.8. The highest BCUT2D eigenvalue weighted by atomic mass is 19.1. The van der Waals surface area contributed by atoms with Crippen LogP contribution >= 0.6 is 0 Å². The summed E-state index contributed by atoms with van der Waals surface area (Å²) >= 11 is 0. The molecule has 2 N–H and O–H groups in total. The summed E-state index contributed by atoms with van der Waals surface area (Å²) in [5.74, 6) is 1.69. The molecule has 3 heterocycles. The monoisotopic (exact) mass is 519 g/mol. The molecule has 2 aliphatic rings. The van der Waals surface area contributed by atoms with Crippen LogP contribution in [0.5, 0.6) is 11.5 Å². The Morgan fingerprint density at radius 1 is 1.13 bits per heavy atom. The van der Waals surface area contributed by atoms with E-state index in [2.05, 4.69) is 15.6 Å². The first kappa shape index (κ1) is 25.8. The molecule has 2 amide bonds. The van der Waals surface area contributed by atoms with E-state index < -0.39 is 5.82 Å². The Hall–Kier alpha value is -3.85. The van der Waals surface area contributed by atoms with Crippen molar-refractivity contribution in [2.75, 3.05) is 42.4 Å². The fourth-order valence-electron chi connectivity index (χ4n) is 5.32. The molecule has 2 aliphatic heterocycles. The van der Waals surface area contributed by atoms with Crippen LogP contribution < -0.4 is 29.9 Å². The summed E-state index contributed by atoms with van der Waals surface area (Å²) in [6.07, 6.45) is 4.45. The first-order valence-electron chi connectivity index (χ1n) is 13.0. The highest BCUT2D eigenvalue weighted by Gasteiger charge is 2.37. The zero-order valence-corrected chi connectivity index (χ0v) is 22.1. The lowest BCUT2D eigenvalue weighted by Crippen LogP contribution is -2.52. The van der Waals surface area contributed by atoms with Crippen molar-refractivity contribution in [3.8, 4) is 11.5 Å². The molecule has 200 valence electrons. The Bertz CT molecular complexity index is 1290. The molecule has 2 aromatic carbocycles. The van der Waals surface area contributed by atoms with Crippen molar-refractivity contribution >= 4 is 23.2 Å². The van der Waals surface area contributed by atoms with Crippen molar-refractivity contribution in [2.24, 2.45) is 0 Å². The van der Waals surface area contributed by atoms with Crippen molar-refractivity contribution in [1.82, 2.24) is 10.3 Å². The molecule has 1 fully saturated rings. The van der Waals surface area contributed by atoms with E-state index in [0.29, 0.717) is 23.8 Å². The van der Waals surface area contributed by atoms with Gasteiger partial charge in [-0.3, -0.25) is 9.80 Å². The van der Waals surface area contributed by atoms with Gasteiger partial charge in [0.2, 0.25) is 0 Å². The number of hydrogen-bond acceptors (Lipinski definition) is 6. The number of aromatic nitrogens is 1. The summed E-state index contributed by atoms with van der Waals surface area (Å²) in [7, 11) is 3.25. The van der Waals surface area contributed by atoms with Gasteiger partial charge < -0.3 is 20.1 Å². The van der Waals surface area contributed by atoms with Crippen LogP contribution in [0, 0.1) is 12.7 Å². The lowest BCUT2D eigenvalue weighted by atomic mass is 10.0. The third-order valence-electron chi connectivity index (χ3n) is 7.31. The summed E-state index contributed by atoms with van der Waals surface area (Å²) in [6.45, 7) is 4.34. The second kappa shape index (κ2) is 11.3. The molecule has 3 aromatic rings. The Kier molecular flexibility index (Phi) is 7.64. The average Bonchev–Trinajstić information content (AvgIpc) is 3.21. The van der Waals surface area contributed by atoms with E-state index in [0.717, 1.165) is 60.5 Å². The molecule has 5 rings (SSSR count). The number of rotatable bonds is 7. The minimum absolute atomic E-state index is 0.00284. The molecule has 0 aliphatic carbocycles. The zero-order valence-electron chi connectivity index (χ0n) is 22.1. The van der Waals surface area contributed by atoms with Crippen LogP contribution in [0.15, 0.2) is 48.7 Å². The van der Waals surface area contributed by atoms with E-state index in [1.165, 1.54) is 6.07 Å². The highest BCUT2D eigenvalue weighted by Crippen LogP contribution is 2.38. The van der Waals surface area contributed by atoms with E-state index in [1.807, 2.05) is 42.2 Å². The number of ether oxygens (including phenoxy) is 2. The van der Waals surface area contributed by atoms with Crippen LogP contribution in [0.4, 0.5) is 26.4 Å². The number of para-hydroxylation sites is 1. The number of carbonyl (C=O) groups is 1. The van der Waals surface area contributed by atoms with Crippen LogP contribution in [-0.2, 0) is 13.1 Å². The van der Waals surface area contributed by atoms with E-state index in [-0.39, 0.29) is 18.6 Å². The number of methoxy groups -OCH3 is 2. The molecule has 0 bridgehead atoms. The summed E-state index contributed by atoms with van der Waals surface area (Å²) in [5.41, 5.74) is 3.72. The molecule has 0 spiro atoms. The van der Waals surface area contributed by atoms with Crippen molar-refractivity contribution < 1.29 is 18.7 Å². The first-order valence-corrected chi connectivity index (χ1v) is 13.0. The second-order valence-electron chi connectivity index (χ2n) is 9.71. The van der Waals surface area contributed by atoms with Gasteiger partial charge >= 0.3 is 6.03 Å². The summed E-state index contributed by atoms with van der Waals surface area (Å²) in [4.78, 5) is 22.1. The standard InChI is InChI=1S/C29H34FN5O3/c1-19-6-4-8-24(30)28(19)34-18-21-17-33-27(32-16-20-9-10-23(37-2)14-26(20)38-3)15-25(21)35(29(34)36)22-7-5-12-31-13-11-22/h4,6,8-10,14-15,17,22,31H,5,7,11-13,16,18H2,1-3H3,(H,32,33)/t22-/m0/s1. The highest BCUT2D eigenvalue weighted by molar-refractivity contribution is 6.07. The van der Waals surface area contributed by atoms with Gasteiger partial charge in [0.1, 0.15) is 23.1 Å². The molecule has 9 heteroatoms. The molecule has 1 saturated heterocycles. The van der Waals surface area contributed by atoms with Crippen LogP contribution in [0.2, 0.25) is 0 Å². The fraction of sp³-hybridized carbons (Fsp3) is 0.379. The maximum Gasteiger partial charge on any atom is 0.329 e. The number of aryl methyl sites for hydroxylation is 1. The molecule has 1 aromatic heterocycles. The lowest BCUT2D eigenvalue weighted by molar-refractivity contribution is 0.246. The van der Waals surface area contributed by atoms with Crippen LogP contribution in [0.1, 0.15) is 36.0 Å². The minimum Gasteiger partial charge on any atom is -0.497 e. The quantitative estimate of drug-likeness (QED) is 0.444. The van der Waals surface area contributed by atoms with E-state index >= 15 is 0 Å². The lowest BCUT2D eigenvalue weighted by Gasteiger charge is -2.41. The van der Waals surface area contributed by atoms with Crippen LogP contribution in [0.25, 0.3) is 0 Å². The SMILES string of the molecule is COc1ccc(CNc2cc3c(cn2)CN(c2c(C)cccc2F)C(=O)N3[C@H]2CCCNCC2)c(OC)c1. The summed E-state index contributed by atoms with van der Waals surface area (Å²) in [6, 6.07) is 12.3. The van der Waals surface area contributed by atoms with E-state index in [1.54, 1.807) is 31.4 Å². The number of urea groups is 1. The molecular weight excluding hydrogens is 485 g/mol. The fourth-order valence-corrected chi connectivity index (χ4v) is 5.32. The Morgan fingerprint density at radius 2 is 2.00 bits per heavy atom. The predicted molar refractivity (Wildman–Crippen MR) is 147 cm³/mol. The number of amides is 2. The van der Waals surface area contributed by atoms with E-state index in [9.17, 15) is 9.18 Å². The van der Waals surface area contributed by atoms with Crippen molar-refractivity contribution in [1.29, 1.82) is 0 Å². The largest absolute Gasteiger partial charge is 0.497 e. The van der Waals surface area contributed by atoms with Crippen molar-refractivity contribution in [3.63, 3.8) is 0 Å². The van der Waals surface area contributed by atoms with Crippen molar-refractivity contribution in [2.45, 2.75) is 45.3 Å². The molecule has 8 nitrogen and oxygen atoms in total. The Balaban J connectivity index is 1.48. The molecule has 0 unspecified atom stereocenters. The number of nitrogens with zero attached hydrogens (tertiary/aromatic N) is 3. The summed E-state index contributed by atoms with van der Waals surface area (Å²) in [5, 5.41) is 6.81. The van der Waals surface area contributed by atoms with Gasteiger partial charge in [-0.2, -0.15) is 0 Å².